The van der Waals surface area contributed by atoms with E-state index in [9.17, 15) is 4.79 Å². The molecule has 1 aromatic rings. The van der Waals surface area contributed by atoms with Gasteiger partial charge in [0.2, 0.25) is 18.1 Å². The smallest absolute Gasteiger partial charge is 0.221 e. The molecule has 6 heteroatoms. The first-order valence-electron chi connectivity index (χ1n) is 5.95. The summed E-state index contributed by atoms with van der Waals surface area (Å²) in [6.07, 6.45) is 1.82. The molecule has 1 aliphatic heterocycles. The van der Waals surface area contributed by atoms with Crippen molar-refractivity contribution in [3.8, 4) is 6.19 Å². The minimum atomic E-state index is -0.0969. The van der Waals surface area contributed by atoms with Crippen molar-refractivity contribution in [3.05, 3.63) is 24.3 Å². The van der Waals surface area contributed by atoms with Gasteiger partial charge in [0.25, 0.3) is 0 Å². The van der Waals surface area contributed by atoms with E-state index < -0.39 is 0 Å². The van der Waals surface area contributed by atoms with Crippen LogP contribution in [0.5, 0.6) is 0 Å². The van der Waals surface area contributed by atoms with Crippen molar-refractivity contribution in [2.45, 2.75) is 6.92 Å². The number of anilines is 2. The van der Waals surface area contributed by atoms with Gasteiger partial charge in [0.05, 0.1) is 0 Å². The van der Waals surface area contributed by atoms with Gasteiger partial charge in [0.1, 0.15) is 0 Å². The van der Waals surface area contributed by atoms with Crippen LogP contribution in [-0.4, -0.2) is 36.9 Å². The first-order valence-corrected chi connectivity index (χ1v) is 5.95. The fraction of sp³-hybridized carbons (Fsp3) is 0.308. The number of likely N-dealkylation sites (N-methyl/N-ethyl adjacent to an activating group) is 1. The van der Waals surface area contributed by atoms with Crippen molar-refractivity contribution in [2.24, 2.45) is 4.99 Å². The fourth-order valence-corrected chi connectivity index (χ4v) is 2.02. The topological polar surface area (TPSA) is 71.7 Å². The van der Waals surface area contributed by atoms with Gasteiger partial charge in [-0.25, -0.2) is 0 Å². The Labute approximate surface area is 111 Å². The van der Waals surface area contributed by atoms with Gasteiger partial charge in [-0.05, 0) is 24.3 Å². The Hall–Kier alpha value is -2.55. The second-order valence-corrected chi connectivity index (χ2v) is 4.31. The van der Waals surface area contributed by atoms with E-state index in [2.05, 4.69) is 10.3 Å². The lowest BCUT2D eigenvalue weighted by Crippen LogP contribution is -2.31. The van der Waals surface area contributed by atoms with Gasteiger partial charge in [-0.2, -0.15) is 5.26 Å². The van der Waals surface area contributed by atoms with Gasteiger partial charge in [-0.3, -0.25) is 4.79 Å². The molecule has 6 nitrogen and oxygen atoms in total. The third kappa shape index (κ3) is 2.83. The van der Waals surface area contributed by atoms with Crippen LogP contribution in [0.1, 0.15) is 6.92 Å². The molecule has 0 unspecified atom stereocenters. The van der Waals surface area contributed by atoms with E-state index in [0.717, 1.165) is 24.5 Å². The van der Waals surface area contributed by atoms with Gasteiger partial charge in [-0.15, -0.1) is 4.99 Å². The van der Waals surface area contributed by atoms with E-state index in [-0.39, 0.29) is 5.91 Å². The summed E-state index contributed by atoms with van der Waals surface area (Å²) >= 11 is 0. The van der Waals surface area contributed by atoms with Crippen LogP contribution in [0.15, 0.2) is 29.3 Å². The number of nitrogens with zero attached hydrogens (tertiary/aromatic N) is 4. The summed E-state index contributed by atoms with van der Waals surface area (Å²) in [5.41, 5.74) is 1.70. The average Bonchev–Trinajstić information content (AvgIpc) is 2.72. The number of hydrogen-bond donors (Lipinski definition) is 1. The highest BCUT2D eigenvalue weighted by molar-refractivity contribution is 5.98. The number of carbonyl (C=O) groups is 1. The Kier molecular flexibility index (Phi) is 3.66. The molecule has 1 fully saturated rings. The van der Waals surface area contributed by atoms with Crippen LogP contribution >= 0.6 is 0 Å². The zero-order chi connectivity index (χ0) is 13.8. The molecule has 0 aliphatic carbocycles. The van der Waals surface area contributed by atoms with Gasteiger partial charge in [0.15, 0.2) is 0 Å². The number of aliphatic imine (C=N–C) groups is 1. The molecule has 1 aromatic carbocycles. The molecule has 19 heavy (non-hydrogen) atoms. The van der Waals surface area contributed by atoms with Crippen LogP contribution in [0.3, 0.4) is 0 Å². The van der Waals surface area contributed by atoms with Gasteiger partial charge in [0, 0.05) is 38.4 Å². The minimum absolute atomic E-state index is 0.0969. The molecular weight excluding hydrogens is 242 g/mol. The molecule has 2 rings (SSSR count). The molecule has 98 valence electrons. The monoisotopic (exact) mass is 257 g/mol. The Balaban J connectivity index is 2.21. The first kappa shape index (κ1) is 12.9. The number of amides is 1. The van der Waals surface area contributed by atoms with Crippen LogP contribution < -0.4 is 10.2 Å². The summed E-state index contributed by atoms with van der Waals surface area (Å²) in [6.45, 7) is 3.09. The number of guanidine groups is 1. The number of hydrogen-bond acceptors (Lipinski definition) is 3. The third-order valence-electron chi connectivity index (χ3n) is 2.89. The number of nitrogens with one attached hydrogen (secondary N) is 1. The number of rotatable bonds is 2. The van der Waals surface area contributed by atoms with Crippen molar-refractivity contribution >= 4 is 23.2 Å². The predicted octanol–water partition coefficient (Wildman–Crippen LogP) is 1.23. The summed E-state index contributed by atoms with van der Waals surface area (Å²) in [5.74, 6) is 0.551. The number of carbonyl (C=O) groups excluding carboxylic acids is 1. The molecule has 1 saturated heterocycles. The fourth-order valence-electron chi connectivity index (χ4n) is 2.02. The molecule has 1 amide bonds. The van der Waals surface area contributed by atoms with Gasteiger partial charge in [-0.1, -0.05) is 0 Å². The highest BCUT2D eigenvalue weighted by Crippen LogP contribution is 2.21. The lowest BCUT2D eigenvalue weighted by Gasteiger charge is -2.19. The van der Waals surface area contributed by atoms with E-state index in [1.54, 1.807) is 0 Å². The van der Waals surface area contributed by atoms with Crippen LogP contribution in [0.25, 0.3) is 0 Å². The maximum absolute atomic E-state index is 11.0. The maximum atomic E-state index is 11.0. The predicted molar refractivity (Wildman–Crippen MR) is 73.8 cm³/mol. The van der Waals surface area contributed by atoms with Crippen molar-refractivity contribution in [2.75, 3.05) is 30.4 Å². The molecule has 1 aliphatic rings. The second-order valence-electron chi connectivity index (χ2n) is 4.31. The zero-order valence-corrected chi connectivity index (χ0v) is 10.9. The van der Waals surface area contributed by atoms with E-state index in [1.165, 1.54) is 6.92 Å². The van der Waals surface area contributed by atoms with Crippen molar-refractivity contribution in [1.29, 1.82) is 5.26 Å². The highest BCUT2D eigenvalue weighted by atomic mass is 16.1. The average molecular weight is 257 g/mol. The molecule has 0 saturated carbocycles. The summed E-state index contributed by atoms with van der Waals surface area (Å²) in [7, 11) is 1.90. The number of benzene rings is 1. The Morgan fingerprint density at radius 3 is 2.63 bits per heavy atom. The van der Waals surface area contributed by atoms with Crippen LogP contribution in [0.4, 0.5) is 11.4 Å². The maximum Gasteiger partial charge on any atom is 0.221 e. The van der Waals surface area contributed by atoms with E-state index in [1.807, 2.05) is 47.3 Å². The Morgan fingerprint density at radius 2 is 2.05 bits per heavy atom. The summed E-state index contributed by atoms with van der Waals surface area (Å²) < 4.78 is 0. The molecule has 0 atom stereocenters. The van der Waals surface area contributed by atoms with E-state index >= 15 is 0 Å². The lowest BCUT2D eigenvalue weighted by atomic mass is 10.2. The molecular formula is C13H15N5O. The standard InChI is InChI=1S/C13H15N5O/c1-10(19)16-11-3-5-12(6-4-11)18-8-7-17(2)13(18)15-9-14/h3-6H,7-8H2,1-2H3,(H,16,19)/b15-13+. The molecule has 1 N–H and O–H groups in total. The van der Waals surface area contributed by atoms with Crippen molar-refractivity contribution in [3.63, 3.8) is 0 Å². The number of nitriles is 1. The van der Waals surface area contributed by atoms with Gasteiger partial charge < -0.3 is 15.1 Å². The SMILES string of the molecule is CC(=O)Nc1ccc(N2CCN(C)/C2=N\C#N)cc1. The highest BCUT2D eigenvalue weighted by Gasteiger charge is 2.24. The minimum Gasteiger partial charge on any atom is -0.343 e. The molecule has 0 radical (unpaired) electrons. The van der Waals surface area contributed by atoms with Crippen LogP contribution in [0, 0.1) is 11.5 Å². The van der Waals surface area contributed by atoms with E-state index in [4.69, 9.17) is 5.26 Å². The van der Waals surface area contributed by atoms with Crippen molar-refractivity contribution < 1.29 is 4.79 Å². The zero-order valence-electron chi connectivity index (χ0n) is 10.9. The second kappa shape index (κ2) is 5.40. The Morgan fingerprint density at radius 1 is 1.37 bits per heavy atom. The Bertz CT molecular complexity index is 543. The normalized spacial score (nSPS) is 16.6. The van der Waals surface area contributed by atoms with Gasteiger partial charge >= 0.3 is 0 Å². The molecule has 0 spiro atoms. The largest absolute Gasteiger partial charge is 0.343 e. The molecule has 0 aromatic heterocycles. The van der Waals surface area contributed by atoms with Crippen molar-refractivity contribution in [1.82, 2.24) is 4.90 Å². The van der Waals surface area contributed by atoms with Crippen LogP contribution in [-0.2, 0) is 4.79 Å². The summed E-state index contributed by atoms with van der Waals surface area (Å²) in [5, 5.41) is 11.4. The third-order valence-corrected chi connectivity index (χ3v) is 2.89. The lowest BCUT2D eigenvalue weighted by molar-refractivity contribution is -0.114. The molecule has 0 bridgehead atoms. The summed E-state index contributed by atoms with van der Waals surface area (Å²) in [6, 6.07) is 7.47. The molecule has 1 heterocycles. The quantitative estimate of drug-likeness (QED) is 0.809. The van der Waals surface area contributed by atoms with Crippen LogP contribution in [0.2, 0.25) is 0 Å². The first-order chi connectivity index (χ1) is 9.11. The van der Waals surface area contributed by atoms with E-state index in [0.29, 0.717) is 5.96 Å². The summed E-state index contributed by atoms with van der Waals surface area (Å²) in [4.78, 5) is 18.7.